The Morgan fingerprint density at radius 3 is 2.78 bits per heavy atom. The van der Waals surface area contributed by atoms with Gasteiger partial charge in [-0.05, 0) is 6.92 Å². The molecule has 1 aliphatic rings. The predicted molar refractivity (Wildman–Crippen MR) is 54.9 cm³/mol. The van der Waals surface area contributed by atoms with Crippen LogP contribution in [0, 0.1) is 0 Å². The molecule has 1 fully saturated rings. The first-order valence-electron chi connectivity index (χ1n) is 5.48. The molecule has 1 heterocycles. The summed E-state index contributed by atoms with van der Waals surface area (Å²) in [6, 6.07) is 0. The summed E-state index contributed by atoms with van der Waals surface area (Å²) in [6.45, 7) is -0.172. The van der Waals surface area contributed by atoms with E-state index >= 15 is 0 Å². The van der Waals surface area contributed by atoms with Gasteiger partial charge in [-0.25, -0.2) is 0 Å². The molecule has 0 aliphatic carbocycles. The van der Waals surface area contributed by atoms with Crippen molar-refractivity contribution in [1.82, 2.24) is 5.32 Å². The Hall–Kier alpha value is -0.860. The second-order valence-corrected chi connectivity index (χ2v) is 4.25. The molecule has 0 saturated carbocycles. The van der Waals surface area contributed by atoms with E-state index < -0.39 is 37.0 Å². The van der Waals surface area contributed by atoms with Gasteiger partial charge >= 0.3 is 6.18 Å². The third kappa shape index (κ3) is 4.79. The van der Waals surface area contributed by atoms with E-state index in [2.05, 4.69) is 10.1 Å². The molecule has 0 aromatic heterocycles. The minimum Gasteiger partial charge on any atom is -0.385 e. The average Bonchev–Trinajstić information content (AvgIpc) is 2.55. The fraction of sp³-hybridized carbons (Fsp3) is 0.900. The number of nitrogens with one attached hydrogen (secondary N) is 1. The van der Waals surface area contributed by atoms with Crippen LogP contribution in [0.4, 0.5) is 13.2 Å². The second kappa shape index (κ2) is 5.85. The summed E-state index contributed by atoms with van der Waals surface area (Å²) in [4.78, 5) is 11.2. The summed E-state index contributed by atoms with van der Waals surface area (Å²) in [5.41, 5.74) is -1.17. The minimum absolute atomic E-state index is 0.0671. The lowest BCUT2D eigenvalue weighted by atomic mass is 9.97. The van der Waals surface area contributed by atoms with Crippen LogP contribution in [-0.4, -0.2) is 55.3 Å². The van der Waals surface area contributed by atoms with E-state index in [-0.39, 0.29) is 6.54 Å². The van der Waals surface area contributed by atoms with E-state index in [1.807, 2.05) is 0 Å². The molecular formula is C10H16F3NO4. The molecule has 5 nitrogen and oxygen atoms in total. The molecule has 106 valence electrons. The van der Waals surface area contributed by atoms with Crippen LogP contribution in [0.5, 0.6) is 0 Å². The van der Waals surface area contributed by atoms with Crippen LogP contribution in [0.15, 0.2) is 0 Å². The molecule has 0 bridgehead atoms. The number of rotatable bonds is 5. The number of amides is 1. The smallest absolute Gasteiger partial charge is 0.385 e. The van der Waals surface area contributed by atoms with Gasteiger partial charge < -0.3 is 19.9 Å². The summed E-state index contributed by atoms with van der Waals surface area (Å²) in [6.07, 6.45) is -4.50. The van der Waals surface area contributed by atoms with Crippen molar-refractivity contribution in [3.05, 3.63) is 0 Å². The zero-order valence-electron chi connectivity index (χ0n) is 9.92. The summed E-state index contributed by atoms with van der Waals surface area (Å²) >= 11 is 0. The van der Waals surface area contributed by atoms with Gasteiger partial charge in [-0.15, -0.1) is 0 Å². The summed E-state index contributed by atoms with van der Waals surface area (Å²) in [5.74, 6) is -0.702. The predicted octanol–water partition coefficient (Wildman–Crippen LogP) is 0.221. The molecule has 1 aliphatic heterocycles. The van der Waals surface area contributed by atoms with Gasteiger partial charge in [-0.2, -0.15) is 13.2 Å². The summed E-state index contributed by atoms with van der Waals surface area (Å²) in [7, 11) is 0. The van der Waals surface area contributed by atoms with E-state index in [1.165, 1.54) is 0 Å². The highest BCUT2D eigenvalue weighted by atomic mass is 19.4. The van der Waals surface area contributed by atoms with Crippen molar-refractivity contribution in [1.29, 1.82) is 0 Å². The van der Waals surface area contributed by atoms with Crippen molar-refractivity contribution in [3.63, 3.8) is 0 Å². The zero-order valence-corrected chi connectivity index (χ0v) is 9.92. The topological polar surface area (TPSA) is 67.8 Å². The lowest BCUT2D eigenvalue weighted by molar-refractivity contribution is -0.175. The SMILES string of the molecule is CC1OCCC1(O)CNC(=O)COCC(F)(F)F. The van der Waals surface area contributed by atoms with Crippen LogP contribution in [0.1, 0.15) is 13.3 Å². The van der Waals surface area contributed by atoms with Gasteiger partial charge in [0.15, 0.2) is 0 Å². The molecule has 2 unspecified atom stereocenters. The normalized spacial score (nSPS) is 28.4. The van der Waals surface area contributed by atoms with Crippen molar-refractivity contribution in [2.75, 3.05) is 26.4 Å². The van der Waals surface area contributed by atoms with Crippen molar-refractivity contribution in [3.8, 4) is 0 Å². The molecule has 0 spiro atoms. The molecule has 2 atom stereocenters. The van der Waals surface area contributed by atoms with Crippen LogP contribution in [0.2, 0.25) is 0 Å². The molecule has 0 aromatic carbocycles. The van der Waals surface area contributed by atoms with E-state index in [0.29, 0.717) is 13.0 Å². The molecule has 18 heavy (non-hydrogen) atoms. The largest absolute Gasteiger partial charge is 0.411 e. The number of alkyl halides is 3. The Bertz CT molecular complexity index is 297. The maximum atomic E-state index is 11.7. The Morgan fingerprint density at radius 2 is 2.28 bits per heavy atom. The van der Waals surface area contributed by atoms with Crippen molar-refractivity contribution < 1.29 is 32.5 Å². The number of hydrogen-bond donors (Lipinski definition) is 2. The molecule has 0 aromatic rings. The van der Waals surface area contributed by atoms with Crippen molar-refractivity contribution >= 4 is 5.91 Å². The van der Waals surface area contributed by atoms with Gasteiger partial charge in [0.25, 0.3) is 0 Å². The third-order valence-electron chi connectivity index (χ3n) is 2.75. The van der Waals surface area contributed by atoms with Gasteiger partial charge in [0.1, 0.15) is 18.8 Å². The number of carbonyl (C=O) groups is 1. The maximum absolute atomic E-state index is 11.7. The molecular weight excluding hydrogens is 255 g/mol. The van der Waals surface area contributed by atoms with Crippen molar-refractivity contribution in [2.24, 2.45) is 0 Å². The molecule has 1 amide bonds. The first kappa shape index (κ1) is 15.2. The second-order valence-electron chi connectivity index (χ2n) is 4.25. The molecule has 2 N–H and O–H groups in total. The molecule has 1 saturated heterocycles. The third-order valence-corrected chi connectivity index (χ3v) is 2.75. The maximum Gasteiger partial charge on any atom is 0.411 e. The highest BCUT2D eigenvalue weighted by molar-refractivity contribution is 5.77. The summed E-state index contributed by atoms with van der Waals surface area (Å²) in [5, 5.41) is 12.3. The number of halogens is 3. The number of ether oxygens (including phenoxy) is 2. The molecule has 8 heteroatoms. The van der Waals surface area contributed by atoms with Crippen molar-refractivity contribution in [2.45, 2.75) is 31.2 Å². The fourth-order valence-corrected chi connectivity index (χ4v) is 1.57. The fourth-order valence-electron chi connectivity index (χ4n) is 1.57. The van der Waals surface area contributed by atoms with Crippen LogP contribution in [0.25, 0.3) is 0 Å². The monoisotopic (exact) mass is 271 g/mol. The standard InChI is InChI=1S/C10H16F3NO4/c1-7-9(16,2-3-18-7)5-14-8(15)4-17-6-10(11,12)13/h7,16H,2-6H2,1H3,(H,14,15). The Balaban J connectivity index is 2.21. The van der Waals surface area contributed by atoms with Crippen LogP contribution >= 0.6 is 0 Å². The quantitative estimate of drug-likeness (QED) is 0.750. The average molecular weight is 271 g/mol. The van der Waals surface area contributed by atoms with Gasteiger partial charge in [-0.1, -0.05) is 0 Å². The van der Waals surface area contributed by atoms with Gasteiger partial charge in [0, 0.05) is 19.6 Å². The summed E-state index contributed by atoms with van der Waals surface area (Å²) < 4.78 is 44.5. The van der Waals surface area contributed by atoms with Crippen LogP contribution < -0.4 is 5.32 Å². The number of aliphatic hydroxyl groups is 1. The van der Waals surface area contributed by atoms with E-state index in [1.54, 1.807) is 6.92 Å². The Kier molecular flexibility index (Phi) is 4.94. The van der Waals surface area contributed by atoms with Crippen LogP contribution in [-0.2, 0) is 14.3 Å². The highest BCUT2D eigenvalue weighted by Gasteiger charge is 2.39. The van der Waals surface area contributed by atoms with E-state index in [0.717, 1.165) is 0 Å². The first-order chi connectivity index (χ1) is 8.23. The Morgan fingerprint density at radius 1 is 1.61 bits per heavy atom. The number of carbonyl (C=O) groups excluding carboxylic acids is 1. The lowest BCUT2D eigenvalue weighted by Gasteiger charge is -2.26. The van der Waals surface area contributed by atoms with E-state index in [4.69, 9.17) is 4.74 Å². The highest BCUT2D eigenvalue weighted by Crippen LogP contribution is 2.24. The Labute approximate surface area is 102 Å². The van der Waals surface area contributed by atoms with Gasteiger partial charge in [0.05, 0.1) is 6.10 Å². The van der Waals surface area contributed by atoms with Gasteiger partial charge in [-0.3, -0.25) is 4.79 Å². The van der Waals surface area contributed by atoms with Crippen LogP contribution in [0.3, 0.4) is 0 Å². The lowest BCUT2D eigenvalue weighted by Crippen LogP contribution is -2.48. The minimum atomic E-state index is -4.45. The first-order valence-corrected chi connectivity index (χ1v) is 5.48. The molecule has 0 radical (unpaired) electrons. The van der Waals surface area contributed by atoms with E-state index in [9.17, 15) is 23.1 Å². The van der Waals surface area contributed by atoms with Gasteiger partial charge in [0.2, 0.25) is 5.91 Å². The molecule has 1 rings (SSSR count). The number of hydrogen-bond acceptors (Lipinski definition) is 4. The zero-order chi connectivity index (χ0) is 13.8.